The first-order chi connectivity index (χ1) is 16.3. The first kappa shape index (κ1) is 24.7. The van der Waals surface area contributed by atoms with E-state index in [0.29, 0.717) is 5.69 Å². The summed E-state index contributed by atoms with van der Waals surface area (Å²) < 4.78 is 68.8. The second kappa shape index (κ2) is 8.68. The van der Waals surface area contributed by atoms with Gasteiger partial charge >= 0.3 is 18.1 Å². The molecule has 0 spiro atoms. The summed E-state index contributed by atoms with van der Waals surface area (Å²) >= 11 is 5.96. The standard InChI is InChI=1S/C22H16ClF3N2O6S/c23-14-7-8-27-19(22(24,25)26)18(14)35(33,34)17-13-9-12(21(31)32)5-6-15(13)28-16(17)10-1-3-11(4-2-10)20(29)30/h1-4,7-8,12,28H,5-6,9H2,(H,29,30)(H,31,32). The first-order valence-corrected chi connectivity index (χ1v) is 12.0. The van der Waals surface area contributed by atoms with Crippen LogP contribution in [0.4, 0.5) is 13.2 Å². The maximum atomic E-state index is 13.8. The fraction of sp³-hybridized carbons (Fsp3) is 0.227. The highest BCUT2D eigenvalue weighted by atomic mass is 35.5. The third-order valence-corrected chi connectivity index (χ3v) is 8.13. The molecule has 0 bridgehead atoms. The van der Waals surface area contributed by atoms with Crippen LogP contribution in [0, 0.1) is 5.92 Å². The van der Waals surface area contributed by atoms with Crippen molar-refractivity contribution in [2.24, 2.45) is 5.92 Å². The van der Waals surface area contributed by atoms with Gasteiger partial charge in [0.2, 0.25) is 9.84 Å². The van der Waals surface area contributed by atoms with Gasteiger partial charge < -0.3 is 15.2 Å². The maximum Gasteiger partial charge on any atom is 0.434 e. The van der Waals surface area contributed by atoms with Crippen molar-refractivity contribution in [2.75, 3.05) is 0 Å². The van der Waals surface area contributed by atoms with Gasteiger partial charge in [0.25, 0.3) is 0 Å². The average Bonchev–Trinajstić information content (AvgIpc) is 3.17. The average molecular weight is 529 g/mol. The molecule has 4 rings (SSSR count). The Balaban J connectivity index is 2.02. The number of rotatable bonds is 5. The maximum absolute atomic E-state index is 13.8. The molecule has 13 heteroatoms. The molecule has 1 unspecified atom stereocenters. The van der Waals surface area contributed by atoms with Crippen LogP contribution in [0.5, 0.6) is 0 Å². The summed E-state index contributed by atoms with van der Waals surface area (Å²) in [6, 6.07) is 5.97. The Labute approximate surface area is 201 Å². The zero-order valence-electron chi connectivity index (χ0n) is 17.6. The Kier molecular flexibility index (Phi) is 6.14. The number of aromatic amines is 1. The number of aromatic nitrogens is 2. The fourth-order valence-electron chi connectivity index (χ4n) is 4.14. The molecule has 184 valence electrons. The number of aryl methyl sites for hydroxylation is 1. The summed E-state index contributed by atoms with van der Waals surface area (Å²) in [5.41, 5.74) is -1.27. The Morgan fingerprint density at radius 3 is 2.31 bits per heavy atom. The van der Waals surface area contributed by atoms with Crippen LogP contribution in [0.2, 0.25) is 5.02 Å². The highest BCUT2D eigenvalue weighted by Gasteiger charge is 2.44. The van der Waals surface area contributed by atoms with Crippen molar-refractivity contribution in [1.29, 1.82) is 0 Å². The Morgan fingerprint density at radius 2 is 1.74 bits per heavy atom. The number of sulfone groups is 1. The van der Waals surface area contributed by atoms with Crippen LogP contribution in [0.15, 0.2) is 46.3 Å². The number of aromatic carboxylic acids is 1. The molecule has 0 saturated heterocycles. The van der Waals surface area contributed by atoms with E-state index < -0.39 is 54.4 Å². The number of carbonyl (C=O) groups is 2. The minimum Gasteiger partial charge on any atom is -0.481 e. The molecule has 3 N–H and O–H groups in total. The van der Waals surface area contributed by atoms with Crippen molar-refractivity contribution < 1.29 is 41.4 Å². The summed E-state index contributed by atoms with van der Waals surface area (Å²) in [6.07, 6.45) is -4.29. The number of carboxylic acids is 2. The Morgan fingerprint density at radius 1 is 1.09 bits per heavy atom. The molecular weight excluding hydrogens is 513 g/mol. The van der Waals surface area contributed by atoms with E-state index in [1.54, 1.807) is 0 Å². The lowest BCUT2D eigenvalue weighted by Crippen LogP contribution is -2.23. The molecule has 1 aromatic carbocycles. The molecule has 2 aromatic heterocycles. The summed E-state index contributed by atoms with van der Waals surface area (Å²) in [7, 11) is -4.99. The van der Waals surface area contributed by atoms with Crippen molar-refractivity contribution >= 4 is 33.4 Å². The van der Waals surface area contributed by atoms with Crippen LogP contribution < -0.4 is 0 Å². The molecule has 8 nitrogen and oxygen atoms in total. The Hall–Kier alpha value is -3.38. The number of carboxylic acid groups (broad SMARTS) is 2. The van der Waals surface area contributed by atoms with Crippen LogP contribution in [-0.2, 0) is 33.6 Å². The minimum atomic E-state index is -5.14. The van der Waals surface area contributed by atoms with E-state index in [9.17, 15) is 36.3 Å². The molecule has 0 amide bonds. The second-order valence-electron chi connectivity index (χ2n) is 7.92. The highest BCUT2D eigenvalue weighted by Crippen LogP contribution is 2.44. The van der Waals surface area contributed by atoms with Gasteiger partial charge in [0, 0.05) is 11.9 Å². The molecule has 0 aliphatic heterocycles. The zero-order chi connectivity index (χ0) is 25.7. The number of hydrogen-bond acceptors (Lipinski definition) is 5. The fourth-order valence-corrected chi connectivity index (χ4v) is 6.51. The smallest absolute Gasteiger partial charge is 0.434 e. The topological polar surface area (TPSA) is 137 Å². The monoisotopic (exact) mass is 528 g/mol. The van der Waals surface area contributed by atoms with Gasteiger partial charge in [0.15, 0.2) is 5.69 Å². The van der Waals surface area contributed by atoms with Crippen molar-refractivity contribution in [3.63, 3.8) is 0 Å². The van der Waals surface area contributed by atoms with Gasteiger partial charge in [-0.1, -0.05) is 23.7 Å². The van der Waals surface area contributed by atoms with Gasteiger partial charge in [0.05, 0.1) is 22.2 Å². The summed E-state index contributed by atoms with van der Waals surface area (Å²) in [5, 5.41) is 17.9. The number of aliphatic carboxylic acids is 1. The molecule has 35 heavy (non-hydrogen) atoms. The van der Waals surface area contributed by atoms with Crippen LogP contribution >= 0.6 is 11.6 Å². The molecule has 1 aliphatic carbocycles. The van der Waals surface area contributed by atoms with Crippen LogP contribution in [-0.4, -0.2) is 40.5 Å². The van der Waals surface area contributed by atoms with Gasteiger partial charge in [-0.05, 0) is 48.6 Å². The van der Waals surface area contributed by atoms with Gasteiger partial charge in [-0.3, -0.25) is 9.78 Å². The van der Waals surface area contributed by atoms with Crippen molar-refractivity contribution in [1.82, 2.24) is 9.97 Å². The van der Waals surface area contributed by atoms with Crippen molar-refractivity contribution in [3.8, 4) is 11.3 Å². The third kappa shape index (κ3) is 4.39. The molecular formula is C22H16ClF3N2O6S. The quantitative estimate of drug-likeness (QED) is 0.444. The molecule has 0 radical (unpaired) electrons. The molecule has 0 fully saturated rings. The highest BCUT2D eigenvalue weighted by molar-refractivity contribution is 7.91. The lowest BCUT2D eigenvalue weighted by atomic mass is 9.87. The number of nitrogens with zero attached hydrogens (tertiary/aromatic N) is 1. The van der Waals surface area contributed by atoms with Crippen LogP contribution in [0.25, 0.3) is 11.3 Å². The Bertz CT molecular complexity index is 1450. The van der Waals surface area contributed by atoms with E-state index in [1.165, 1.54) is 24.3 Å². The number of fused-ring (bicyclic) bond motifs is 1. The largest absolute Gasteiger partial charge is 0.481 e. The van der Waals surface area contributed by atoms with E-state index >= 15 is 0 Å². The van der Waals surface area contributed by atoms with Gasteiger partial charge in [-0.25, -0.2) is 13.2 Å². The molecule has 0 saturated carbocycles. The van der Waals surface area contributed by atoms with E-state index in [4.69, 9.17) is 16.7 Å². The van der Waals surface area contributed by atoms with E-state index in [2.05, 4.69) is 9.97 Å². The number of pyridine rings is 1. The van der Waals surface area contributed by atoms with E-state index in [1.807, 2.05) is 0 Å². The molecule has 1 aliphatic rings. The molecule has 2 heterocycles. The van der Waals surface area contributed by atoms with E-state index in [0.717, 1.165) is 12.3 Å². The predicted molar refractivity (Wildman–Crippen MR) is 116 cm³/mol. The number of nitrogens with one attached hydrogen (secondary N) is 1. The summed E-state index contributed by atoms with van der Waals surface area (Å²) in [5.74, 6) is -3.33. The van der Waals surface area contributed by atoms with Crippen LogP contribution in [0.1, 0.15) is 33.7 Å². The predicted octanol–water partition coefficient (Wildman–Crippen LogP) is 4.47. The van der Waals surface area contributed by atoms with E-state index in [-0.39, 0.29) is 41.6 Å². The normalized spacial score (nSPS) is 16.1. The SMILES string of the molecule is O=C(O)c1ccc(-c2[nH]c3c(c2S(=O)(=O)c2c(Cl)ccnc2C(F)(F)F)CC(C(=O)O)CC3)cc1. The first-order valence-electron chi connectivity index (χ1n) is 10.1. The third-order valence-electron chi connectivity index (χ3n) is 5.77. The number of benzene rings is 1. The number of alkyl halides is 3. The lowest BCUT2D eigenvalue weighted by Gasteiger charge is -2.20. The van der Waals surface area contributed by atoms with Gasteiger partial charge in [-0.15, -0.1) is 0 Å². The number of hydrogen-bond donors (Lipinski definition) is 3. The summed E-state index contributed by atoms with van der Waals surface area (Å²) in [4.78, 5) is 27.2. The zero-order valence-corrected chi connectivity index (χ0v) is 19.1. The molecule has 3 aromatic rings. The van der Waals surface area contributed by atoms with Crippen molar-refractivity contribution in [3.05, 3.63) is 64.1 Å². The second-order valence-corrected chi connectivity index (χ2v) is 10.1. The lowest BCUT2D eigenvalue weighted by molar-refractivity contribution is -0.143. The van der Waals surface area contributed by atoms with Gasteiger partial charge in [0.1, 0.15) is 9.79 Å². The van der Waals surface area contributed by atoms with Crippen molar-refractivity contribution in [2.45, 2.75) is 35.2 Å². The number of H-pyrrole nitrogens is 1. The van der Waals surface area contributed by atoms with Gasteiger partial charge in [-0.2, -0.15) is 13.2 Å². The van der Waals surface area contributed by atoms with Crippen LogP contribution in [0.3, 0.4) is 0 Å². The molecule has 1 atom stereocenters. The minimum absolute atomic E-state index is 0.0500. The number of halogens is 4. The summed E-state index contributed by atoms with van der Waals surface area (Å²) in [6.45, 7) is 0.